The molecule has 0 aliphatic heterocycles. The monoisotopic (exact) mass is 298 g/mol. The number of carbonyl (C=O) groups excluding carboxylic acids is 1. The van der Waals surface area contributed by atoms with E-state index in [1.807, 2.05) is 31.2 Å². The Balaban J connectivity index is 1.87. The van der Waals surface area contributed by atoms with Gasteiger partial charge >= 0.3 is 0 Å². The lowest BCUT2D eigenvalue weighted by molar-refractivity contribution is 0.0953. The quantitative estimate of drug-likeness (QED) is 0.778. The van der Waals surface area contributed by atoms with Crippen molar-refractivity contribution in [1.82, 2.24) is 15.3 Å². The van der Waals surface area contributed by atoms with Crippen molar-refractivity contribution in [2.24, 2.45) is 0 Å². The zero-order chi connectivity index (χ0) is 14.8. The van der Waals surface area contributed by atoms with Gasteiger partial charge in [0.1, 0.15) is 5.82 Å². The average molecular weight is 298 g/mol. The van der Waals surface area contributed by atoms with Crippen LogP contribution in [0.3, 0.4) is 0 Å². The van der Waals surface area contributed by atoms with E-state index in [4.69, 9.17) is 5.73 Å². The van der Waals surface area contributed by atoms with E-state index in [1.165, 1.54) is 0 Å². The molecule has 1 aromatic carbocycles. The van der Waals surface area contributed by atoms with E-state index in [9.17, 15) is 4.79 Å². The molecule has 106 valence electrons. The van der Waals surface area contributed by atoms with Crippen molar-refractivity contribution in [2.45, 2.75) is 13.5 Å². The molecule has 0 unspecified atom stereocenters. The second-order valence-corrected chi connectivity index (χ2v) is 5.96. The number of carbonyl (C=O) groups is 1. The van der Waals surface area contributed by atoms with Crippen LogP contribution >= 0.6 is 11.3 Å². The Bertz CT molecular complexity index is 812. The van der Waals surface area contributed by atoms with Crippen LogP contribution in [-0.2, 0) is 6.54 Å². The second kappa shape index (κ2) is 5.49. The molecule has 2 aromatic heterocycles. The Labute approximate surface area is 125 Å². The minimum atomic E-state index is -0.161. The van der Waals surface area contributed by atoms with E-state index in [0.29, 0.717) is 17.9 Å². The number of aromatic nitrogens is 2. The van der Waals surface area contributed by atoms with Gasteiger partial charge in [-0.2, -0.15) is 0 Å². The summed E-state index contributed by atoms with van der Waals surface area (Å²) in [5.74, 6) is 0.179. The van der Waals surface area contributed by atoms with E-state index < -0.39 is 0 Å². The molecule has 0 radical (unpaired) electrons. The predicted octanol–water partition coefficient (Wildman–Crippen LogP) is 2.51. The molecule has 5 nitrogen and oxygen atoms in total. The lowest BCUT2D eigenvalue weighted by Crippen LogP contribution is -2.23. The van der Waals surface area contributed by atoms with Crippen LogP contribution in [0, 0.1) is 6.92 Å². The first-order chi connectivity index (χ1) is 10.1. The van der Waals surface area contributed by atoms with Crippen molar-refractivity contribution in [3.63, 3.8) is 0 Å². The molecule has 3 aromatic rings. The second-order valence-electron chi connectivity index (χ2n) is 4.64. The summed E-state index contributed by atoms with van der Waals surface area (Å²) >= 11 is 1.57. The molecule has 0 aliphatic rings. The lowest BCUT2D eigenvalue weighted by Gasteiger charge is -2.08. The third-order valence-corrected chi connectivity index (χ3v) is 3.99. The first kappa shape index (κ1) is 13.5. The molecule has 1 amide bonds. The van der Waals surface area contributed by atoms with Gasteiger partial charge < -0.3 is 11.1 Å². The number of amides is 1. The van der Waals surface area contributed by atoms with Gasteiger partial charge in [-0.05, 0) is 19.1 Å². The molecule has 0 aliphatic carbocycles. The molecule has 3 rings (SSSR count). The molecule has 0 saturated heterocycles. The number of anilines is 1. The number of pyridine rings is 1. The molecule has 2 heterocycles. The van der Waals surface area contributed by atoms with Gasteiger partial charge in [0.15, 0.2) is 0 Å². The predicted molar refractivity (Wildman–Crippen MR) is 84.2 cm³/mol. The number of fused-ring (bicyclic) bond motifs is 1. The number of rotatable bonds is 3. The van der Waals surface area contributed by atoms with Gasteiger partial charge in [0.25, 0.3) is 5.91 Å². The fourth-order valence-electron chi connectivity index (χ4n) is 2.13. The van der Waals surface area contributed by atoms with Gasteiger partial charge in [-0.3, -0.25) is 4.79 Å². The van der Waals surface area contributed by atoms with E-state index in [2.05, 4.69) is 15.3 Å². The van der Waals surface area contributed by atoms with Crippen molar-refractivity contribution in [3.8, 4) is 0 Å². The van der Waals surface area contributed by atoms with Crippen LogP contribution in [0.25, 0.3) is 10.9 Å². The molecule has 6 heteroatoms. The molecule has 0 saturated carbocycles. The number of hydrogen-bond donors (Lipinski definition) is 2. The van der Waals surface area contributed by atoms with Crippen molar-refractivity contribution in [3.05, 3.63) is 52.0 Å². The van der Waals surface area contributed by atoms with E-state index in [-0.39, 0.29) is 5.91 Å². The van der Waals surface area contributed by atoms with Crippen molar-refractivity contribution < 1.29 is 4.79 Å². The standard InChI is InChI=1S/C15H14N4OS/c1-9-17-7-10(21-9)8-18-15(20)12-6-14(16)19-13-5-3-2-4-11(12)13/h2-7H,8H2,1H3,(H2,16,19)(H,18,20). The Morgan fingerprint density at radius 3 is 2.95 bits per heavy atom. The molecule has 0 spiro atoms. The number of benzene rings is 1. The summed E-state index contributed by atoms with van der Waals surface area (Å²) in [7, 11) is 0. The number of para-hydroxylation sites is 1. The highest BCUT2D eigenvalue weighted by Gasteiger charge is 2.12. The zero-order valence-electron chi connectivity index (χ0n) is 11.5. The fourth-order valence-corrected chi connectivity index (χ4v) is 2.87. The van der Waals surface area contributed by atoms with Crippen LogP contribution < -0.4 is 11.1 Å². The van der Waals surface area contributed by atoms with Crippen LogP contribution in [0.2, 0.25) is 0 Å². The Hall–Kier alpha value is -2.47. The van der Waals surface area contributed by atoms with Crippen LogP contribution in [0.4, 0.5) is 5.82 Å². The maximum atomic E-state index is 12.4. The highest BCUT2D eigenvalue weighted by atomic mass is 32.1. The molecule has 21 heavy (non-hydrogen) atoms. The Morgan fingerprint density at radius 1 is 1.38 bits per heavy atom. The minimum Gasteiger partial charge on any atom is -0.384 e. The summed E-state index contributed by atoms with van der Waals surface area (Å²) < 4.78 is 0. The molecular formula is C15H14N4OS. The van der Waals surface area contributed by atoms with Gasteiger partial charge in [0.2, 0.25) is 0 Å². The lowest BCUT2D eigenvalue weighted by atomic mass is 10.1. The molecular weight excluding hydrogens is 284 g/mol. The Kier molecular flexibility index (Phi) is 3.53. The maximum absolute atomic E-state index is 12.4. The fraction of sp³-hybridized carbons (Fsp3) is 0.133. The number of nitrogens with zero attached hydrogens (tertiary/aromatic N) is 2. The molecule has 0 atom stereocenters. The number of nitrogens with one attached hydrogen (secondary N) is 1. The van der Waals surface area contributed by atoms with Crippen LogP contribution in [0.1, 0.15) is 20.2 Å². The number of nitrogens with two attached hydrogens (primary N) is 1. The minimum absolute atomic E-state index is 0.161. The van der Waals surface area contributed by atoms with E-state index in [1.54, 1.807) is 23.6 Å². The topological polar surface area (TPSA) is 80.9 Å². The normalized spacial score (nSPS) is 10.7. The molecule has 3 N–H and O–H groups in total. The van der Waals surface area contributed by atoms with Crippen molar-refractivity contribution in [2.75, 3.05) is 5.73 Å². The highest BCUT2D eigenvalue weighted by Crippen LogP contribution is 2.19. The Morgan fingerprint density at radius 2 is 2.19 bits per heavy atom. The third-order valence-electron chi connectivity index (χ3n) is 3.07. The van der Waals surface area contributed by atoms with E-state index >= 15 is 0 Å². The first-order valence-electron chi connectivity index (χ1n) is 6.48. The molecule has 0 fully saturated rings. The summed E-state index contributed by atoms with van der Waals surface area (Å²) in [6.07, 6.45) is 1.78. The SMILES string of the molecule is Cc1ncc(CNC(=O)c2cc(N)nc3ccccc23)s1. The number of thiazole rings is 1. The van der Waals surface area contributed by atoms with E-state index in [0.717, 1.165) is 20.8 Å². The van der Waals surface area contributed by atoms with Gasteiger partial charge in [0.05, 0.1) is 22.6 Å². The maximum Gasteiger partial charge on any atom is 0.252 e. The largest absolute Gasteiger partial charge is 0.384 e. The summed E-state index contributed by atoms with van der Waals surface area (Å²) in [5, 5.41) is 4.68. The van der Waals surface area contributed by atoms with Crippen LogP contribution in [-0.4, -0.2) is 15.9 Å². The number of nitrogen functional groups attached to an aromatic ring is 1. The average Bonchev–Trinajstić information content (AvgIpc) is 2.89. The smallest absolute Gasteiger partial charge is 0.252 e. The zero-order valence-corrected chi connectivity index (χ0v) is 12.3. The third kappa shape index (κ3) is 2.85. The van der Waals surface area contributed by atoms with Crippen LogP contribution in [0.15, 0.2) is 36.5 Å². The summed E-state index contributed by atoms with van der Waals surface area (Å²) in [5.41, 5.74) is 7.03. The summed E-state index contributed by atoms with van der Waals surface area (Å²) in [4.78, 5) is 21.8. The number of hydrogen-bond acceptors (Lipinski definition) is 5. The highest BCUT2D eigenvalue weighted by molar-refractivity contribution is 7.11. The van der Waals surface area contributed by atoms with Crippen molar-refractivity contribution >= 4 is 34.0 Å². The van der Waals surface area contributed by atoms with Crippen LogP contribution in [0.5, 0.6) is 0 Å². The summed E-state index contributed by atoms with van der Waals surface area (Å²) in [6.45, 7) is 2.40. The van der Waals surface area contributed by atoms with Gasteiger partial charge in [-0.1, -0.05) is 18.2 Å². The number of aryl methyl sites for hydroxylation is 1. The first-order valence-corrected chi connectivity index (χ1v) is 7.30. The van der Waals surface area contributed by atoms with Gasteiger partial charge in [-0.25, -0.2) is 9.97 Å². The van der Waals surface area contributed by atoms with Crippen molar-refractivity contribution in [1.29, 1.82) is 0 Å². The van der Waals surface area contributed by atoms with Gasteiger partial charge in [-0.15, -0.1) is 11.3 Å². The molecule has 0 bridgehead atoms. The van der Waals surface area contributed by atoms with Gasteiger partial charge in [0, 0.05) is 16.5 Å². The summed E-state index contributed by atoms with van der Waals surface area (Å²) in [6, 6.07) is 9.07.